The summed E-state index contributed by atoms with van der Waals surface area (Å²) in [6, 6.07) is 0. The van der Waals surface area contributed by atoms with Gasteiger partial charge < -0.3 is 5.11 Å². The van der Waals surface area contributed by atoms with Crippen LogP contribution in [-0.4, -0.2) is 16.1 Å². The smallest absolute Gasteiger partial charge is 0.307 e. The predicted molar refractivity (Wildman–Crippen MR) is 48.3 cm³/mol. The fraction of sp³-hybridized carbons (Fsp3) is 0.143. The highest BCUT2D eigenvalue weighted by atomic mass is 79.9. The molecular formula is C7H5BrClNO2. The van der Waals surface area contributed by atoms with Gasteiger partial charge in [-0.05, 0) is 21.5 Å². The highest BCUT2D eigenvalue weighted by Gasteiger charge is 2.08. The minimum absolute atomic E-state index is 0.0953. The summed E-state index contributed by atoms with van der Waals surface area (Å²) in [5.74, 6) is -0.913. The lowest BCUT2D eigenvalue weighted by Crippen LogP contribution is -2.01. The number of carbonyl (C=O) groups is 1. The Morgan fingerprint density at radius 1 is 1.67 bits per heavy atom. The van der Waals surface area contributed by atoms with E-state index in [4.69, 9.17) is 16.7 Å². The number of hydrogen-bond acceptors (Lipinski definition) is 2. The standard InChI is InChI=1S/C7H5BrClNO2/c8-5-2-10-3-6(9)4(5)1-7(11)12/h2-3H,1H2,(H,11,12). The topological polar surface area (TPSA) is 50.2 Å². The van der Waals surface area contributed by atoms with Crippen molar-refractivity contribution < 1.29 is 9.90 Å². The first kappa shape index (κ1) is 9.48. The molecule has 0 atom stereocenters. The van der Waals surface area contributed by atoms with Crippen LogP contribution in [-0.2, 0) is 11.2 Å². The molecule has 0 saturated carbocycles. The first-order valence-corrected chi connectivity index (χ1v) is 4.28. The minimum Gasteiger partial charge on any atom is -0.481 e. The number of aromatic nitrogens is 1. The average molecular weight is 250 g/mol. The summed E-state index contributed by atoms with van der Waals surface area (Å²) in [5, 5.41) is 8.88. The molecule has 1 heterocycles. The number of carboxylic acid groups (broad SMARTS) is 1. The van der Waals surface area contributed by atoms with Crippen molar-refractivity contribution in [3.05, 3.63) is 27.5 Å². The molecule has 1 aromatic rings. The van der Waals surface area contributed by atoms with E-state index in [1.54, 1.807) is 0 Å². The first-order chi connectivity index (χ1) is 5.61. The molecule has 64 valence electrons. The van der Waals surface area contributed by atoms with Gasteiger partial charge in [-0.25, -0.2) is 0 Å². The number of nitrogens with zero attached hydrogens (tertiary/aromatic N) is 1. The van der Waals surface area contributed by atoms with Crippen molar-refractivity contribution >= 4 is 33.5 Å². The molecule has 5 heteroatoms. The Hall–Kier alpha value is -0.610. The molecule has 12 heavy (non-hydrogen) atoms. The van der Waals surface area contributed by atoms with Crippen molar-refractivity contribution in [2.75, 3.05) is 0 Å². The van der Waals surface area contributed by atoms with Crippen LogP contribution < -0.4 is 0 Å². The van der Waals surface area contributed by atoms with Crippen LogP contribution >= 0.6 is 27.5 Å². The van der Waals surface area contributed by atoms with Crippen molar-refractivity contribution in [2.45, 2.75) is 6.42 Å². The van der Waals surface area contributed by atoms with Crippen LogP contribution in [0.4, 0.5) is 0 Å². The lowest BCUT2D eigenvalue weighted by molar-refractivity contribution is -0.136. The van der Waals surface area contributed by atoms with E-state index in [-0.39, 0.29) is 6.42 Å². The summed E-state index contributed by atoms with van der Waals surface area (Å²) in [5.41, 5.74) is 0.555. The van der Waals surface area contributed by atoms with E-state index in [2.05, 4.69) is 20.9 Å². The summed E-state index contributed by atoms with van der Waals surface area (Å²) in [7, 11) is 0. The molecule has 0 saturated heterocycles. The molecule has 0 aliphatic carbocycles. The number of hydrogen-bond donors (Lipinski definition) is 1. The minimum atomic E-state index is -0.913. The summed E-state index contributed by atoms with van der Waals surface area (Å²) in [4.78, 5) is 14.2. The van der Waals surface area contributed by atoms with E-state index in [1.807, 2.05) is 0 Å². The molecule has 0 aliphatic heterocycles. The third-order valence-electron chi connectivity index (χ3n) is 1.28. The number of pyridine rings is 1. The van der Waals surface area contributed by atoms with Crippen LogP contribution in [0, 0.1) is 0 Å². The van der Waals surface area contributed by atoms with Gasteiger partial charge in [-0.1, -0.05) is 11.6 Å². The second kappa shape index (κ2) is 3.87. The van der Waals surface area contributed by atoms with E-state index in [0.717, 1.165) is 0 Å². The van der Waals surface area contributed by atoms with Gasteiger partial charge in [0.2, 0.25) is 0 Å². The molecule has 0 aliphatic rings. The van der Waals surface area contributed by atoms with E-state index in [0.29, 0.717) is 15.1 Å². The summed E-state index contributed by atoms with van der Waals surface area (Å²) in [6.07, 6.45) is 2.84. The monoisotopic (exact) mass is 249 g/mol. The maximum Gasteiger partial charge on any atom is 0.307 e. The second-order valence-electron chi connectivity index (χ2n) is 2.15. The SMILES string of the molecule is O=C(O)Cc1c(Cl)cncc1Br. The molecule has 1 aromatic heterocycles. The van der Waals surface area contributed by atoms with E-state index in [9.17, 15) is 4.79 Å². The zero-order chi connectivity index (χ0) is 9.14. The Morgan fingerprint density at radius 3 is 2.83 bits per heavy atom. The van der Waals surface area contributed by atoms with Crippen molar-refractivity contribution in [3.8, 4) is 0 Å². The molecule has 3 nitrogen and oxygen atoms in total. The fourth-order valence-electron chi connectivity index (χ4n) is 0.758. The maximum atomic E-state index is 10.4. The van der Waals surface area contributed by atoms with Gasteiger partial charge in [-0.15, -0.1) is 0 Å². The molecule has 0 aromatic carbocycles. The zero-order valence-corrected chi connectivity index (χ0v) is 8.26. The van der Waals surface area contributed by atoms with Gasteiger partial charge in [-0.3, -0.25) is 9.78 Å². The molecule has 1 rings (SSSR count). The Morgan fingerprint density at radius 2 is 2.33 bits per heavy atom. The van der Waals surface area contributed by atoms with Crippen molar-refractivity contribution in [3.63, 3.8) is 0 Å². The van der Waals surface area contributed by atoms with Gasteiger partial charge in [-0.2, -0.15) is 0 Å². The molecule has 0 bridgehead atoms. The van der Waals surface area contributed by atoms with Crippen LogP contribution in [0.1, 0.15) is 5.56 Å². The number of rotatable bonds is 2. The van der Waals surface area contributed by atoms with Gasteiger partial charge >= 0.3 is 5.97 Å². The van der Waals surface area contributed by atoms with Crippen LogP contribution in [0.3, 0.4) is 0 Å². The molecule has 0 fully saturated rings. The highest BCUT2D eigenvalue weighted by Crippen LogP contribution is 2.23. The number of halogens is 2. The third-order valence-corrected chi connectivity index (χ3v) is 2.29. The van der Waals surface area contributed by atoms with Gasteiger partial charge in [0, 0.05) is 16.9 Å². The number of aliphatic carboxylic acids is 1. The van der Waals surface area contributed by atoms with Gasteiger partial charge in [0.25, 0.3) is 0 Å². The Labute approximate surface area is 82.5 Å². The Balaban J connectivity index is 3.04. The van der Waals surface area contributed by atoms with Crippen molar-refractivity contribution in [1.29, 1.82) is 0 Å². The van der Waals surface area contributed by atoms with Crippen LogP contribution in [0.2, 0.25) is 5.02 Å². The quantitative estimate of drug-likeness (QED) is 0.875. The summed E-state index contributed by atoms with van der Waals surface area (Å²) < 4.78 is 0.623. The van der Waals surface area contributed by atoms with E-state index < -0.39 is 5.97 Å². The Kier molecular flexibility index (Phi) is 3.05. The van der Waals surface area contributed by atoms with Crippen LogP contribution in [0.5, 0.6) is 0 Å². The summed E-state index contributed by atoms with van der Waals surface area (Å²) in [6.45, 7) is 0. The van der Waals surface area contributed by atoms with Gasteiger partial charge in [0.1, 0.15) is 0 Å². The Bertz CT molecular complexity index is 296. The largest absolute Gasteiger partial charge is 0.481 e. The maximum absolute atomic E-state index is 10.4. The van der Waals surface area contributed by atoms with Crippen molar-refractivity contribution in [1.82, 2.24) is 4.98 Å². The fourth-order valence-corrected chi connectivity index (χ4v) is 1.57. The summed E-state index contributed by atoms with van der Waals surface area (Å²) >= 11 is 8.88. The molecule has 0 unspecified atom stereocenters. The van der Waals surface area contributed by atoms with E-state index >= 15 is 0 Å². The predicted octanol–water partition coefficient (Wildman–Crippen LogP) is 2.12. The first-order valence-electron chi connectivity index (χ1n) is 3.11. The van der Waals surface area contributed by atoms with Gasteiger partial charge in [0.05, 0.1) is 11.4 Å². The lowest BCUT2D eigenvalue weighted by Gasteiger charge is -2.01. The molecular weight excluding hydrogens is 245 g/mol. The molecule has 0 spiro atoms. The normalized spacial score (nSPS) is 9.83. The lowest BCUT2D eigenvalue weighted by atomic mass is 10.2. The second-order valence-corrected chi connectivity index (χ2v) is 3.41. The molecule has 0 amide bonds. The van der Waals surface area contributed by atoms with Gasteiger partial charge in [0.15, 0.2) is 0 Å². The van der Waals surface area contributed by atoms with Crippen LogP contribution in [0.25, 0.3) is 0 Å². The van der Waals surface area contributed by atoms with Crippen LogP contribution in [0.15, 0.2) is 16.9 Å². The molecule has 1 N–H and O–H groups in total. The zero-order valence-electron chi connectivity index (χ0n) is 5.92. The highest BCUT2D eigenvalue weighted by molar-refractivity contribution is 9.10. The van der Waals surface area contributed by atoms with E-state index in [1.165, 1.54) is 12.4 Å². The number of carboxylic acids is 1. The molecule has 0 radical (unpaired) electrons. The third kappa shape index (κ3) is 2.19. The van der Waals surface area contributed by atoms with Crippen molar-refractivity contribution in [2.24, 2.45) is 0 Å². The average Bonchev–Trinajstić information content (AvgIpc) is 1.97.